The van der Waals surface area contributed by atoms with Crippen molar-refractivity contribution < 1.29 is 29.0 Å². The summed E-state index contributed by atoms with van der Waals surface area (Å²) in [5, 5.41) is 11.7. The largest absolute Gasteiger partial charge is 0.495 e. The van der Waals surface area contributed by atoms with Crippen LogP contribution < -0.4 is 19.7 Å². The zero-order valence-electron chi connectivity index (χ0n) is 24.6. The summed E-state index contributed by atoms with van der Waals surface area (Å²) in [5.41, 5.74) is 4.67. The lowest BCUT2D eigenvalue weighted by atomic mass is 9.97. The van der Waals surface area contributed by atoms with Gasteiger partial charge in [0.25, 0.3) is 11.8 Å². The number of carbonyl (C=O) groups excluding carboxylic acids is 2. The van der Waals surface area contributed by atoms with Gasteiger partial charge in [-0.05, 0) is 73.7 Å². The number of carboxylic acid groups (broad SMARTS) is 1. The maximum Gasteiger partial charge on any atom is 0.303 e. The van der Waals surface area contributed by atoms with E-state index in [2.05, 4.69) is 5.32 Å². The number of amides is 2. The Morgan fingerprint density at radius 1 is 0.837 bits per heavy atom. The van der Waals surface area contributed by atoms with Gasteiger partial charge in [0.05, 0.1) is 25.1 Å². The lowest BCUT2D eigenvalue weighted by Gasteiger charge is -2.21. The van der Waals surface area contributed by atoms with Crippen LogP contribution in [0.15, 0.2) is 91.0 Å². The second kappa shape index (κ2) is 14.7. The number of rotatable bonds is 13. The highest BCUT2D eigenvalue weighted by atomic mass is 16.5. The van der Waals surface area contributed by atoms with Gasteiger partial charge in [0.1, 0.15) is 11.5 Å². The molecule has 0 aliphatic carbocycles. The minimum absolute atomic E-state index is 0.139. The van der Waals surface area contributed by atoms with E-state index in [1.165, 1.54) is 12.0 Å². The van der Waals surface area contributed by atoms with Crippen molar-refractivity contribution in [2.75, 3.05) is 31.0 Å². The molecule has 0 saturated carbocycles. The normalized spacial score (nSPS) is 10.6. The van der Waals surface area contributed by atoms with Crippen LogP contribution in [0.25, 0.3) is 11.1 Å². The summed E-state index contributed by atoms with van der Waals surface area (Å²) in [7, 11) is 3.16. The van der Waals surface area contributed by atoms with Crippen molar-refractivity contribution in [3.8, 4) is 22.6 Å². The fourth-order valence-corrected chi connectivity index (χ4v) is 4.73. The quantitative estimate of drug-likeness (QED) is 0.162. The van der Waals surface area contributed by atoms with Gasteiger partial charge in [-0.3, -0.25) is 14.4 Å². The van der Waals surface area contributed by atoms with Crippen LogP contribution in [0.1, 0.15) is 52.0 Å². The highest BCUT2D eigenvalue weighted by Gasteiger charge is 2.20. The van der Waals surface area contributed by atoms with Gasteiger partial charge < -0.3 is 24.8 Å². The molecule has 0 atom stereocenters. The van der Waals surface area contributed by atoms with Crippen LogP contribution in [-0.4, -0.2) is 43.7 Å². The van der Waals surface area contributed by atoms with E-state index >= 15 is 0 Å². The first-order valence-corrected chi connectivity index (χ1v) is 14.2. The van der Waals surface area contributed by atoms with Gasteiger partial charge in [0.2, 0.25) is 0 Å². The van der Waals surface area contributed by atoms with E-state index < -0.39 is 5.97 Å². The van der Waals surface area contributed by atoms with Gasteiger partial charge >= 0.3 is 5.97 Å². The molecule has 0 aliphatic rings. The van der Waals surface area contributed by atoms with Crippen molar-refractivity contribution in [3.63, 3.8) is 0 Å². The lowest BCUT2D eigenvalue weighted by molar-refractivity contribution is -0.137. The van der Waals surface area contributed by atoms with Crippen molar-refractivity contribution in [2.45, 2.75) is 32.6 Å². The average molecular weight is 581 g/mol. The molecule has 4 aromatic carbocycles. The summed E-state index contributed by atoms with van der Waals surface area (Å²) in [6, 6.07) is 27.7. The number of carboxylic acids is 1. The van der Waals surface area contributed by atoms with Crippen molar-refractivity contribution in [2.24, 2.45) is 0 Å². The summed E-state index contributed by atoms with van der Waals surface area (Å²) in [5.74, 6) is -0.459. The average Bonchev–Trinajstić information content (AvgIpc) is 3.02. The molecular weight excluding hydrogens is 544 g/mol. The number of nitrogens with one attached hydrogen (secondary N) is 1. The molecule has 222 valence electrons. The number of benzene rings is 4. The molecule has 2 amide bonds. The molecule has 8 nitrogen and oxygen atoms in total. The number of hydrogen-bond donors (Lipinski definition) is 2. The number of hydrogen-bond acceptors (Lipinski definition) is 5. The molecule has 0 spiro atoms. The Labute approximate surface area is 251 Å². The monoisotopic (exact) mass is 580 g/mol. The molecule has 0 fully saturated rings. The number of ether oxygens (including phenoxy) is 2. The predicted octanol–water partition coefficient (Wildman–Crippen LogP) is 7.22. The molecule has 4 aromatic rings. The van der Waals surface area contributed by atoms with E-state index in [1.54, 1.807) is 37.4 Å². The molecule has 4 rings (SSSR count). The van der Waals surface area contributed by atoms with E-state index in [4.69, 9.17) is 14.6 Å². The number of anilines is 2. The Morgan fingerprint density at radius 3 is 2.33 bits per heavy atom. The number of carbonyl (C=O) groups is 3. The summed E-state index contributed by atoms with van der Waals surface area (Å²) in [6.45, 7) is 2.35. The fraction of sp³-hybridized carbons (Fsp3) is 0.229. The van der Waals surface area contributed by atoms with Gasteiger partial charge in [-0.25, -0.2) is 0 Å². The van der Waals surface area contributed by atoms with Crippen molar-refractivity contribution in [3.05, 3.63) is 108 Å². The van der Waals surface area contributed by atoms with Crippen LogP contribution in [-0.2, 0) is 4.79 Å². The van der Waals surface area contributed by atoms with Crippen molar-refractivity contribution in [1.29, 1.82) is 0 Å². The molecule has 43 heavy (non-hydrogen) atoms. The smallest absolute Gasteiger partial charge is 0.303 e. The lowest BCUT2D eigenvalue weighted by Crippen LogP contribution is -2.27. The zero-order valence-corrected chi connectivity index (χ0v) is 24.6. The van der Waals surface area contributed by atoms with E-state index in [0.29, 0.717) is 53.4 Å². The van der Waals surface area contributed by atoms with Crippen molar-refractivity contribution in [1.82, 2.24) is 0 Å². The molecule has 8 heteroatoms. The number of aliphatic carboxylic acids is 1. The Kier molecular flexibility index (Phi) is 10.5. The SMILES string of the molecule is COc1cc(C(=O)N(C)c2ccccc2OCCCCCC(=O)O)ccc1NC(=O)c1cc(C)ccc1-c1ccccc1. The summed E-state index contributed by atoms with van der Waals surface area (Å²) >= 11 is 0. The van der Waals surface area contributed by atoms with Crippen LogP contribution in [0.4, 0.5) is 11.4 Å². The maximum absolute atomic E-state index is 13.5. The number of aryl methyl sites for hydroxylation is 1. The standard InChI is InChI=1S/C35H36N2O6/c1-24-17-19-27(25-12-6-4-7-13-25)28(22-24)34(40)36-29-20-18-26(23-32(29)42-3)35(41)37(2)30-14-9-10-15-31(30)43-21-11-5-8-16-33(38)39/h4,6-7,9-10,12-15,17-20,22-23H,5,8,11,16,21H2,1-3H3,(H,36,40)(H,38,39). The molecule has 2 N–H and O–H groups in total. The molecule has 0 aliphatic heterocycles. The Balaban J connectivity index is 1.49. The summed E-state index contributed by atoms with van der Waals surface area (Å²) < 4.78 is 11.5. The number of methoxy groups -OCH3 is 1. The van der Waals surface area contributed by atoms with Crippen LogP contribution in [0.3, 0.4) is 0 Å². The minimum atomic E-state index is -0.804. The minimum Gasteiger partial charge on any atom is -0.495 e. The Morgan fingerprint density at radius 2 is 1.58 bits per heavy atom. The fourth-order valence-electron chi connectivity index (χ4n) is 4.73. The topological polar surface area (TPSA) is 105 Å². The van der Waals surface area contributed by atoms with Crippen LogP contribution >= 0.6 is 0 Å². The number of nitrogens with zero attached hydrogens (tertiary/aromatic N) is 1. The number of para-hydroxylation sites is 2. The van der Waals surface area contributed by atoms with Crippen LogP contribution in [0.2, 0.25) is 0 Å². The summed E-state index contributed by atoms with van der Waals surface area (Å²) in [4.78, 5) is 39.2. The zero-order chi connectivity index (χ0) is 30.8. The van der Waals surface area contributed by atoms with Crippen LogP contribution in [0.5, 0.6) is 11.5 Å². The molecule has 0 heterocycles. The first-order chi connectivity index (χ1) is 20.8. The first kappa shape index (κ1) is 30.8. The second-order valence-corrected chi connectivity index (χ2v) is 10.2. The third-order valence-electron chi connectivity index (χ3n) is 7.02. The first-order valence-electron chi connectivity index (χ1n) is 14.2. The third kappa shape index (κ3) is 8.01. The highest BCUT2D eigenvalue weighted by molar-refractivity contribution is 6.10. The number of unbranched alkanes of at least 4 members (excludes halogenated alkanes) is 2. The van der Waals surface area contributed by atoms with E-state index in [1.807, 2.05) is 67.6 Å². The van der Waals surface area contributed by atoms with E-state index in [0.717, 1.165) is 23.1 Å². The van der Waals surface area contributed by atoms with E-state index in [9.17, 15) is 14.4 Å². The predicted molar refractivity (Wildman–Crippen MR) is 168 cm³/mol. The van der Waals surface area contributed by atoms with Crippen molar-refractivity contribution >= 4 is 29.2 Å². The highest BCUT2D eigenvalue weighted by Crippen LogP contribution is 2.32. The van der Waals surface area contributed by atoms with Gasteiger partial charge in [-0.2, -0.15) is 0 Å². The summed E-state index contributed by atoms with van der Waals surface area (Å²) in [6.07, 6.45) is 2.18. The molecular formula is C35H36N2O6. The van der Waals surface area contributed by atoms with Gasteiger partial charge in [0.15, 0.2) is 0 Å². The molecule has 0 unspecified atom stereocenters. The van der Waals surface area contributed by atoms with Gasteiger partial charge in [-0.15, -0.1) is 0 Å². The van der Waals surface area contributed by atoms with Gasteiger partial charge in [-0.1, -0.05) is 60.2 Å². The Bertz CT molecular complexity index is 1580. The molecule has 0 aromatic heterocycles. The molecule has 0 saturated heterocycles. The Hall–Kier alpha value is -5.11. The van der Waals surface area contributed by atoms with Crippen LogP contribution in [0, 0.1) is 6.92 Å². The molecule has 0 bridgehead atoms. The third-order valence-corrected chi connectivity index (χ3v) is 7.02. The van der Waals surface area contributed by atoms with E-state index in [-0.39, 0.29) is 18.2 Å². The maximum atomic E-state index is 13.5. The van der Waals surface area contributed by atoms with Gasteiger partial charge in [0, 0.05) is 24.6 Å². The second-order valence-electron chi connectivity index (χ2n) is 10.2. The molecule has 0 radical (unpaired) electrons.